The molecule has 5 rings (SSSR count). The Balaban J connectivity index is 1.74. The monoisotopic (exact) mass is 397 g/mol. The van der Waals surface area contributed by atoms with Crippen LogP contribution in [0.1, 0.15) is 19.3 Å². The van der Waals surface area contributed by atoms with E-state index in [1.807, 2.05) is 6.07 Å². The maximum absolute atomic E-state index is 12.9. The lowest BCUT2D eigenvalue weighted by molar-refractivity contribution is 0.422. The third-order valence-electron chi connectivity index (χ3n) is 4.77. The van der Waals surface area contributed by atoms with Gasteiger partial charge in [0.25, 0.3) is 0 Å². The summed E-state index contributed by atoms with van der Waals surface area (Å²) in [5.41, 5.74) is 9.94. The van der Waals surface area contributed by atoms with Crippen molar-refractivity contribution in [1.29, 1.82) is 0 Å². The molecule has 136 valence electrons. The molecular weight excluding hydrogens is 382 g/mol. The van der Waals surface area contributed by atoms with Crippen LogP contribution in [-0.2, 0) is 11.2 Å². The van der Waals surface area contributed by atoms with Crippen molar-refractivity contribution in [2.24, 2.45) is 0 Å². The van der Waals surface area contributed by atoms with E-state index in [0.29, 0.717) is 21.3 Å². The van der Waals surface area contributed by atoms with E-state index in [1.54, 1.807) is 18.5 Å². The summed E-state index contributed by atoms with van der Waals surface area (Å²) in [6.45, 7) is 0. The van der Waals surface area contributed by atoms with Gasteiger partial charge in [-0.3, -0.25) is 0 Å². The second-order valence-corrected chi connectivity index (χ2v) is 9.33. The molecule has 1 aliphatic rings. The van der Waals surface area contributed by atoms with Crippen LogP contribution < -0.4 is 5.73 Å². The lowest BCUT2D eigenvalue weighted by Gasteiger charge is -2.26. The van der Waals surface area contributed by atoms with Crippen molar-refractivity contribution >= 4 is 38.4 Å². The smallest absolute Gasteiger partial charge is 0.232 e. The zero-order valence-electron chi connectivity index (χ0n) is 14.2. The standard InChI is InChI=1S/C18H15N5O2S2/c19-16-15-12(13-4-5-25-23-13)6-14(10-7-20-9-21-8-10)22-17(15)26-18(16)27(24)11-2-1-3-11/h4-9,11H,1-3,19H2/t27-/m1/s1. The Labute approximate surface area is 161 Å². The fraction of sp³-hybridized carbons (Fsp3) is 0.222. The van der Waals surface area contributed by atoms with Gasteiger partial charge in [0.05, 0.1) is 5.69 Å². The first-order valence-electron chi connectivity index (χ1n) is 8.52. The van der Waals surface area contributed by atoms with Crippen molar-refractivity contribution in [2.45, 2.75) is 28.7 Å². The minimum atomic E-state index is -1.11. The van der Waals surface area contributed by atoms with Gasteiger partial charge in [-0.25, -0.2) is 15.0 Å². The summed E-state index contributed by atoms with van der Waals surface area (Å²) < 4.78 is 18.7. The summed E-state index contributed by atoms with van der Waals surface area (Å²) in [5, 5.41) is 5.04. The molecule has 4 heterocycles. The summed E-state index contributed by atoms with van der Waals surface area (Å²) in [5.74, 6) is 0. The molecular formula is C18H15N5O2S2. The number of anilines is 1. The zero-order chi connectivity index (χ0) is 18.4. The Bertz CT molecular complexity index is 1090. The summed E-state index contributed by atoms with van der Waals surface area (Å²) in [4.78, 5) is 13.6. The molecule has 0 unspecified atom stereocenters. The van der Waals surface area contributed by atoms with Gasteiger partial charge in [0, 0.05) is 46.1 Å². The Kier molecular flexibility index (Phi) is 4.07. The number of pyridine rings is 1. The van der Waals surface area contributed by atoms with E-state index in [1.165, 1.54) is 23.9 Å². The van der Waals surface area contributed by atoms with Crippen molar-refractivity contribution < 1.29 is 9.08 Å². The van der Waals surface area contributed by atoms with Crippen LogP contribution in [0.3, 0.4) is 0 Å². The lowest BCUT2D eigenvalue weighted by atomic mass is 10.0. The van der Waals surface area contributed by atoms with E-state index < -0.39 is 11.2 Å². The van der Waals surface area contributed by atoms with Crippen molar-refractivity contribution in [3.8, 4) is 22.5 Å². The third kappa shape index (κ3) is 2.78. The molecule has 1 atom stereocenters. The maximum Gasteiger partial charge on any atom is 0.232 e. The van der Waals surface area contributed by atoms with Gasteiger partial charge >= 0.3 is 0 Å². The minimum Gasteiger partial charge on any atom is -0.611 e. The van der Waals surface area contributed by atoms with Crippen LogP contribution in [0.2, 0.25) is 0 Å². The molecule has 0 aliphatic heterocycles. The molecule has 0 aromatic carbocycles. The minimum absolute atomic E-state index is 0.192. The van der Waals surface area contributed by atoms with Crippen LogP contribution in [0.25, 0.3) is 32.7 Å². The van der Waals surface area contributed by atoms with Gasteiger partial charge in [0.15, 0.2) is 0 Å². The number of thiophene rings is 1. The van der Waals surface area contributed by atoms with Crippen LogP contribution >= 0.6 is 11.3 Å². The molecule has 1 aliphatic carbocycles. The molecule has 0 bridgehead atoms. The second kappa shape index (κ2) is 6.59. The normalized spacial score (nSPS) is 15.7. The molecule has 1 saturated carbocycles. The lowest BCUT2D eigenvalue weighted by Crippen LogP contribution is -2.28. The first-order chi connectivity index (χ1) is 13.2. The van der Waals surface area contributed by atoms with Crippen LogP contribution in [0.4, 0.5) is 5.69 Å². The van der Waals surface area contributed by atoms with Crippen LogP contribution in [-0.4, -0.2) is 29.9 Å². The first kappa shape index (κ1) is 16.7. The van der Waals surface area contributed by atoms with E-state index in [4.69, 9.17) is 15.2 Å². The van der Waals surface area contributed by atoms with Gasteiger partial charge in [-0.05, 0) is 25.3 Å². The Morgan fingerprint density at radius 2 is 2.04 bits per heavy atom. The first-order valence-corrected chi connectivity index (χ1v) is 10.5. The zero-order valence-corrected chi connectivity index (χ0v) is 15.8. The largest absolute Gasteiger partial charge is 0.611 e. The van der Waals surface area contributed by atoms with Crippen LogP contribution in [0, 0.1) is 0 Å². The molecule has 7 nitrogen and oxygen atoms in total. The molecule has 9 heteroatoms. The average Bonchev–Trinajstić information content (AvgIpc) is 3.29. The SMILES string of the molecule is Nc1c([S@+]([O-])C2CCC2)sc2nc(-c3cncnc3)cc(-c3ccon3)c12. The number of rotatable bonds is 4. The number of nitrogens with two attached hydrogens (primary N) is 1. The maximum atomic E-state index is 12.9. The molecule has 2 N–H and O–H groups in total. The number of hydrogen-bond acceptors (Lipinski definition) is 8. The fourth-order valence-corrected chi connectivity index (χ4v) is 6.33. The van der Waals surface area contributed by atoms with Crippen LogP contribution in [0.15, 0.2) is 45.8 Å². The molecule has 0 saturated heterocycles. The van der Waals surface area contributed by atoms with E-state index in [9.17, 15) is 4.55 Å². The van der Waals surface area contributed by atoms with Gasteiger partial charge in [0.2, 0.25) is 4.21 Å². The fourth-order valence-electron chi connectivity index (χ4n) is 3.12. The van der Waals surface area contributed by atoms with Crippen molar-refractivity contribution in [2.75, 3.05) is 5.73 Å². The second-order valence-electron chi connectivity index (χ2n) is 6.40. The van der Waals surface area contributed by atoms with Crippen molar-refractivity contribution in [3.05, 3.63) is 37.1 Å². The van der Waals surface area contributed by atoms with Gasteiger partial charge < -0.3 is 14.8 Å². The summed E-state index contributed by atoms with van der Waals surface area (Å²) in [6, 6.07) is 3.68. The summed E-state index contributed by atoms with van der Waals surface area (Å²) >= 11 is 0.288. The number of hydrogen-bond donors (Lipinski definition) is 1. The average molecular weight is 397 g/mol. The molecule has 1 fully saturated rings. The predicted molar refractivity (Wildman–Crippen MR) is 105 cm³/mol. The molecule has 0 spiro atoms. The summed E-state index contributed by atoms with van der Waals surface area (Å²) in [7, 11) is 0. The van der Waals surface area contributed by atoms with Gasteiger partial charge in [-0.15, -0.1) is 0 Å². The van der Waals surface area contributed by atoms with Crippen molar-refractivity contribution in [1.82, 2.24) is 20.1 Å². The van der Waals surface area contributed by atoms with Gasteiger partial charge in [0.1, 0.15) is 34.1 Å². The Morgan fingerprint density at radius 3 is 2.70 bits per heavy atom. The molecule has 4 aromatic heterocycles. The van der Waals surface area contributed by atoms with E-state index in [0.717, 1.165) is 40.6 Å². The highest BCUT2D eigenvalue weighted by atomic mass is 32.2. The number of nitrogens with zero attached hydrogens (tertiary/aromatic N) is 4. The topological polar surface area (TPSA) is 114 Å². The highest BCUT2D eigenvalue weighted by molar-refractivity contribution is 7.94. The number of fused-ring (bicyclic) bond motifs is 1. The van der Waals surface area contributed by atoms with Gasteiger partial charge in [-0.1, -0.05) is 16.5 Å². The third-order valence-corrected chi connectivity index (χ3v) is 8.07. The molecule has 0 amide bonds. The summed E-state index contributed by atoms with van der Waals surface area (Å²) in [6.07, 6.45) is 9.50. The van der Waals surface area contributed by atoms with Crippen molar-refractivity contribution in [3.63, 3.8) is 0 Å². The quantitative estimate of drug-likeness (QED) is 0.523. The van der Waals surface area contributed by atoms with E-state index in [2.05, 4.69) is 15.1 Å². The van der Waals surface area contributed by atoms with E-state index in [-0.39, 0.29) is 5.25 Å². The Morgan fingerprint density at radius 1 is 1.22 bits per heavy atom. The van der Waals surface area contributed by atoms with E-state index >= 15 is 0 Å². The number of aromatic nitrogens is 4. The van der Waals surface area contributed by atoms with Gasteiger partial charge in [-0.2, -0.15) is 0 Å². The molecule has 27 heavy (non-hydrogen) atoms. The van der Waals surface area contributed by atoms with Crippen LogP contribution in [0.5, 0.6) is 0 Å². The molecule has 0 radical (unpaired) electrons. The highest BCUT2D eigenvalue weighted by Gasteiger charge is 2.35. The predicted octanol–water partition coefficient (Wildman–Crippen LogP) is 3.65. The number of nitrogen functional groups attached to an aromatic ring is 1. The molecule has 4 aromatic rings. The Hall–Kier alpha value is -2.49. The highest BCUT2D eigenvalue weighted by Crippen LogP contribution is 2.45.